The third kappa shape index (κ3) is 5.04. The molecule has 0 spiro atoms. The van der Waals surface area contributed by atoms with Gasteiger partial charge in [0.1, 0.15) is 0 Å². The lowest BCUT2D eigenvalue weighted by atomic mass is 9.82. The highest BCUT2D eigenvalue weighted by molar-refractivity contribution is 4.83. The molecule has 1 N–H and O–H groups in total. The fourth-order valence-corrected chi connectivity index (χ4v) is 4.38. The molecule has 0 aromatic carbocycles. The fraction of sp³-hybridized carbons (Fsp3) is 1.00. The van der Waals surface area contributed by atoms with Crippen molar-refractivity contribution >= 4 is 0 Å². The Hall–Kier alpha value is -0.0800. The molecule has 2 aliphatic rings. The molecule has 2 saturated carbocycles. The predicted molar refractivity (Wildman–Crippen MR) is 86.0 cm³/mol. The summed E-state index contributed by atoms with van der Waals surface area (Å²) in [5.74, 6) is 2.57. The van der Waals surface area contributed by atoms with Gasteiger partial charge in [-0.2, -0.15) is 0 Å². The van der Waals surface area contributed by atoms with Gasteiger partial charge in [-0.25, -0.2) is 0 Å². The molecule has 0 saturated heterocycles. The summed E-state index contributed by atoms with van der Waals surface area (Å²) in [5.41, 5.74) is 0. The molecular formula is C18H35NO. The molecule has 2 heteroatoms. The summed E-state index contributed by atoms with van der Waals surface area (Å²) in [6.07, 6.45) is 11.2. The molecule has 0 aliphatic heterocycles. The third-order valence-electron chi connectivity index (χ3n) is 5.29. The SMILES string of the molecule is CCCNC1CCCC1CCOC1CC(C)CC(C)C1. The summed E-state index contributed by atoms with van der Waals surface area (Å²) in [6, 6.07) is 0.766. The normalized spacial score (nSPS) is 38.2. The average Bonchev–Trinajstić information content (AvgIpc) is 2.83. The van der Waals surface area contributed by atoms with Gasteiger partial charge >= 0.3 is 0 Å². The van der Waals surface area contributed by atoms with Crippen LogP contribution in [-0.4, -0.2) is 25.3 Å². The van der Waals surface area contributed by atoms with E-state index < -0.39 is 0 Å². The molecule has 2 aliphatic carbocycles. The lowest BCUT2D eigenvalue weighted by Gasteiger charge is -2.32. The molecule has 118 valence electrons. The average molecular weight is 281 g/mol. The molecule has 0 amide bonds. The van der Waals surface area contributed by atoms with Gasteiger partial charge in [0.2, 0.25) is 0 Å². The predicted octanol–water partition coefficient (Wildman–Crippen LogP) is 4.39. The Morgan fingerprint density at radius 3 is 2.50 bits per heavy atom. The molecule has 0 radical (unpaired) electrons. The van der Waals surface area contributed by atoms with Gasteiger partial charge in [0.05, 0.1) is 6.10 Å². The van der Waals surface area contributed by atoms with Crippen molar-refractivity contribution in [2.24, 2.45) is 17.8 Å². The first-order valence-electron chi connectivity index (χ1n) is 9.04. The Bertz CT molecular complexity index is 258. The molecule has 4 atom stereocenters. The maximum Gasteiger partial charge on any atom is 0.0580 e. The van der Waals surface area contributed by atoms with Crippen LogP contribution >= 0.6 is 0 Å². The zero-order chi connectivity index (χ0) is 14.4. The van der Waals surface area contributed by atoms with E-state index in [0.717, 1.165) is 30.4 Å². The van der Waals surface area contributed by atoms with Crippen molar-refractivity contribution in [3.05, 3.63) is 0 Å². The Morgan fingerprint density at radius 2 is 1.80 bits per heavy atom. The van der Waals surface area contributed by atoms with Gasteiger partial charge in [-0.05, 0) is 69.2 Å². The third-order valence-corrected chi connectivity index (χ3v) is 5.29. The number of hydrogen-bond donors (Lipinski definition) is 1. The fourth-order valence-electron chi connectivity index (χ4n) is 4.38. The minimum absolute atomic E-state index is 0.539. The summed E-state index contributed by atoms with van der Waals surface area (Å²) in [6.45, 7) is 9.19. The molecule has 20 heavy (non-hydrogen) atoms. The van der Waals surface area contributed by atoms with Gasteiger partial charge in [-0.3, -0.25) is 0 Å². The van der Waals surface area contributed by atoms with Crippen LogP contribution in [0.1, 0.15) is 72.1 Å². The van der Waals surface area contributed by atoms with E-state index in [2.05, 4.69) is 26.1 Å². The van der Waals surface area contributed by atoms with E-state index in [0.29, 0.717) is 6.10 Å². The van der Waals surface area contributed by atoms with Gasteiger partial charge in [0.25, 0.3) is 0 Å². The van der Waals surface area contributed by atoms with Crippen LogP contribution in [0.4, 0.5) is 0 Å². The molecular weight excluding hydrogens is 246 g/mol. The van der Waals surface area contributed by atoms with Crippen molar-refractivity contribution in [2.75, 3.05) is 13.2 Å². The van der Waals surface area contributed by atoms with Crippen LogP contribution in [0.25, 0.3) is 0 Å². The molecule has 0 bridgehead atoms. The van der Waals surface area contributed by atoms with Crippen LogP contribution in [0.5, 0.6) is 0 Å². The molecule has 0 heterocycles. The maximum atomic E-state index is 6.21. The van der Waals surface area contributed by atoms with E-state index in [1.54, 1.807) is 0 Å². The van der Waals surface area contributed by atoms with Crippen molar-refractivity contribution in [2.45, 2.75) is 84.3 Å². The van der Waals surface area contributed by atoms with Crippen molar-refractivity contribution in [1.82, 2.24) is 5.32 Å². The topological polar surface area (TPSA) is 21.3 Å². The minimum atomic E-state index is 0.539. The van der Waals surface area contributed by atoms with Gasteiger partial charge in [0, 0.05) is 12.6 Å². The zero-order valence-corrected chi connectivity index (χ0v) is 13.9. The van der Waals surface area contributed by atoms with Crippen LogP contribution in [0, 0.1) is 17.8 Å². The second kappa shape index (κ2) is 8.38. The molecule has 2 nitrogen and oxygen atoms in total. The smallest absolute Gasteiger partial charge is 0.0580 e. The summed E-state index contributed by atoms with van der Waals surface area (Å²) >= 11 is 0. The summed E-state index contributed by atoms with van der Waals surface area (Å²) in [7, 11) is 0. The molecule has 4 unspecified atom stereocenters. The van der Waals surface area contributed by atoms with E-state index in [1.165, 1.54) is 57.9 Å². The summed E-state index contributed by atoms with van der Waals surface area (Å²) in [5, 5.41) is 3.73. The van der Waals surface area contributed by atoms with Gasteiger partial charge < -0.3 is 10.1 Å². The molecule has 0 aromatic heterocycles. The first kappa shape index (κ1) is 16.3. The lowest BCUT2D eigenvalue weighted by molar-refractivity contribution is -0.00526. The van der Waals surface area contributed by atoms with Gasteiger partial charge in [0.15, 0.2) is 0 Å². The van der Waals surface area contributed by atoms with Crippen LogP contribution < -0.4 is 5.32 Å². The van der Waals surface area contributed by atoms with E-state index in [9.17, 15) is 0 Å². The summed E-state index contributed by atoms with van der Waals surface area (Å²) in [4.78, 5) is 0. The van der Waals surface area contributed by atoms with Gasteiger partial charge in [-0.15, -0.1) is 0 Å². The number of ether oxygens (including phenoxy) is 1. The van der Waals surface area contributed by atoms with Crippen molar-refractivity contribution in [3.8, 4) is 0 Å². The van der Waals surface area contributed by atoms with Crippen molar-refractivity contribution in [3.63, 3.8) is 0 Å². The second-order valence-corrected chi connectivity index (χ2v) is 7.45. The Balaban J connectivity index is 1.64. The first-order valence-corrected chi connectivity index (χ1v) is 9.04. The van der Waals surface area contributed by atoms with Crippen LogP contribution in [0.2, 0.25) is 0 Å². The second-order valence-electron chi connectivity index (χ2n) is 7.45. The first-order chi connectivity index (χ1) is 9.69. The number of rotatable bonds is 7. The highest BCUT2D eigenvalue weighted by atomic mass is 16.5. The molecule has 2 rings (SSSR count). The lowest BCUT2D eigenvalue weighted by Crippen LogP contribution is -2.34. The van der Waals surface area contributed by atoms with E-state index in [1.807, 2.05) is 0 Å². The largest absolute Gasteiger partial charge is 0.378 e. The van der Waals surface area contributed by atoms with Crippen LogP contribution in [0.3, 0.4) is 0 Å². The highest BCUT2D eigenvalue weighted by Gasteiger charge is 2.28. The Morgan fingerprint density at radius 1 is 1.05 bits per heavy atom. The monoisotopic (exact) mass is 281 g/mol. The Kier molecular flexibility index (Phi) is 6.83. The van der Waals surface area contributed by atoms with Crippen LogP contribution in [-0.2, 0) is 4.74 Å². The molecule has 2 fully saturated rings. The summed E-state index contributed by atoms with van der Waals surface area (Å²) < 4.78 is 6.21. The molecule has 0 aromatic rings. The standard InChI is InChI=1S/C18H35NO/c1-4-9-19-18-7-5-6-16(18)8-10-20-17-12-14(2)11-15(3)13-17/h14-19H,4-13H2,1-3H3. The number of hydrogen-bond acceptors (Lipinski definition) is 2. The van der Waals surface area contributed by atoms with Crippen molar-refractivity contribution < 1.29 is 4.74 Å². The van der Waals surface area contributed by atoms with Crippen LogP contribution in [0.15, 0.2) is 0 Å². The number of nitrogens with one attached hydrogen (secondary N) is 1. The van der Waals surface area contributed by atoms with Crippen molar-refractivity contribution in [1.29, 1.82) is 0 Å². The maximum absolute atomic E-state index is 6.21. The highest BCUT2D eigenvalue weighted by Crippen LogP contribution is 2.32. The minimum Gasteiger partial charge on any atom is -0.378 e. The van der Waals surface area contributed by atoms with E-state index >= 15 is 0 Å². The Labute approximate surface area is 126 Å². The van der Waals surface area contributed by atoms with Gasteiger partial charge in [-0.1, -0.05) is 27.2 Å². The van der Waals surface area contributed by atoms with E-state index in [-0.39, 0.29) is 0 Å². The zero-order valence-electron chi connectivity index (χ0n) is 13.9. The quantitative estimate of drug-likeness (QED) is 0.747. The van der Waals surface area contributed by atoms with E-state index in [4.69, 9.17) is 4.74 Å².